The van der Waals surface area contributed by atoms with Crippen LogP contribution in [-0.2, 0) is 0 Å². The summed E-state index contributed by atoms with van der Waals surface area (Å²) < 4.78 is 5.83. The van der Waals surface area contributed by atoms with Crippen molar-refractivity contribution in [1.29, 1.82) is 0 Å². The van der Waals surface area contributed by atoms with Crippen LogP contribution in [0.4, 0.5) is 5.88 Å². The standard InChI is InChI=1S/C13H12BrClN2O2/c1-7(2)11-6-12(19-17-11)16-13(18)9-5-8(14)3-4-10(9)15/h3-7H,1-2H3,(H,16,18). The highest BCUT2D eigenvalue weighted by atomic mass is 79.9. The molecular formula is C13H12BrClN2O2. The third-order valence-electron chi connectivity index (χ3n) is 2.53. The van der Waals surface area contributed by atoms with Gasteiger partial charge in [-0.1, -0.05) is 46.5 Å². The maximum absolute atomic E-state index is 12.1. The van der Waals surface area contributed by atoms with Crippen LogP contribution < -0.4 is 5.32 Å². The number of nitrogens with one attached hydrogen (secondary N) is 1. The number of hydrogen-bond acceptors (Lipinski definition) is 3. The van der Waals surface area contributed by atoms with E-state index in [9.17, 15) is 4.79 Å². The molecule has 0 saturated carbocycles. The van der Waals surface area contributed by atoms with Gasteiger partial charge < -0.3 is 4.52 Å². The van der Waals surface area contributed by atoms with Crippen LogP contribution in [0, 0.1) is 0 Å². The second-order valence-electron chi connectivity index (χ2n) is 4.35. The van der Waals surface area contributed by atoms with Gasteiger partial charge in [-0.2, -0.15) is 0 Å². The third kappa shape index (κ3) is 3.36. The average molecular weight is 344 g/mol. The van der Waals surface area contributed by atoms with Crippen molar-refractivity contribution < 1.29 is 9.32 Å². The lowest BCUT2D eigenvalue weighted by atomic mass is 10.1. The zero-order valence-electron chi connectivity index (χ0n) is 10.4. The summed E-state index contributed by atoms with van der Waals surface area (Å²) in [5, 5.41) is 6.88. The summed E-state index contributed by atoms with van der Waals surface area (Å²) in [6.07, 6.45) is 0. The SMILES string of the molecule is CC(C)c1cc(NC(=O)c2cc(Br)ccc2Cl)on1. The summed E-state index contributed by atoms with van der Waals surface area (Å²) >= 11 is 9.28. The molecule has 1 aromatic heterocycles. The molecule has 4 nitrogen and oxygen atoms in total. The van der Waals surface area contributed by atoms with Crippen LogP contribution in [0.5, 0.6) is 0 Å². The van der Waals surface area contributed by atoms with Gasteiger partial charge in [-0.25, -0.2) is 0 Å². The normalized spacial score (nSPS) is 10.8. The highest BCUT2D eigenvalue weighted by Gasteiger charge is 2.14. The van der Waals surface area contributed by atoms with Crippen molar-refractivity contribution in [3.05, 3.63) is 45.0 Å². The van der Waals surface area contributed by atoms with Gasteiger partial charge in [0.05, 0.1) is 16.3 Å². The lowest BCUT2D eigenvalue weighted by Crippen LogP contribution is -2.11. The number of anilines is 1. The fourth-order valence-corrected chi connectivity index (χ4v) is 2.04. The Labute approximate surface area is 124 Å². The van der Waals surface area contributed by atoms with E-state index in [1.165, 1.54) is 0 Å². The van der Waals surface area contributed by atoms with Crippen LogP contribution in [0.1, 0.15) is 35.8 Å². The molecule has 0 saturated heterocycles. The van der Waals surface area contributed by atoms with E-state index in [4.69, 9.17) is 16.1 Å². The minimum absolute atomic E-state index is 0.240. The molecule has 19 heavy (non-hydrogen) atoms. The Morgan fingerprint density at radius 1 is 1.42 bits per heavy atom. The molecule has 1 N–H and O–H groups in total. The van der Waals surface area contributed by atoms with Crippen LogP contribution in [0.25, 0.3) is 0 Å². The van der Waals surface area contributed by atoms with Gasteiger partial charge in [0.25, 0.3) is 5.91 Å². The predicted octanol–water partition coefficient (Wildman–Crippen LogP) is 4.47. The number of rotatable bonds is 3. The average Bonchev–Trinajstić information content (AvgIpc) is 2.80. The maximum atomic E-state index is 12.1. The first-order chi connectivity index (χ1) is 8.97. The number of nitrogens with zero attached hydrogens (tertiary/aromatic N) is 1. The molecule has 0 aliphatic carbocycles. The molecule has 0 unspecified atom stereocenters. The first-order valence-corrected chi connectivity index (χ1v) is 6.87. The van der Waals surface area contributed by atoms with Crippen molar-refractivity contribution in [1.82, 2.24) is 5.16 Å². The number of carbonyl (C=O) groups excluding carboxylic acids is 1. The fourth-order valence-electron chi connectivity index (χ4n) is 1.47. The molecule has 6 heteroatoms. The fraction of sp³-hybridized carbons (Fsp3) is 0.231. The van der Waals surface area contributed by atoms with Crippen molar-refractivity contribution in [2.45, 2.75) is 19.8 Å². The molecule has 1 amide bonds. The van der Waals surface area contributed by atoms with Gasteiger partial charge in [0.2, 0.25) is 5.88 Å². The van der Waals surface area contributed by atoms with Crippen molar-refractivity contribution >= 4 is 39.3 Å². The van der Waals surface area contributed by atoms with Crippen LogP contribution in [0.2, 0.25) is 5.02 Å². The molecule has 2 aromatic rings. The van der Waals surface area contributed by atoms with E-state index in [0.717, 1.165) is 10.2 Å². The topological polar surface area (TPSA) is 55.1 Å². The Balaban J connectivity index is 2.18. The zero-order valence-corrected chi connectivity index (χ0v) is 12.7. The Kier molecular flexibility index (Phi) is 4.27. The molecule has 0 spiro atoms. The number of benzene rings is 1. The number of amides is 1. The van der Waals surface area contributed by atoms with Crippen LogP contribution in [0.3, 0.4) is 0 Å². The smallest absolute Gasteiger partial charge is 0.259 e. The number of aromatic nitrogens is 1. The molecule has 1 heterocycles. The van der Waals surface area contributed by atoms with Gasteiger partial charge in [-0.05, 0) is 24.1 Å². The summed E-state index contributed by atoms with van der Waals surface area (Å²) in [6, 6.07) is 6.77. The Bertz CT molecular complexity index is 610. The number of hydrogen-bond donors (Lipinski definition) is 1. The number of halogens is 2. The Morgan fingerprint density at radius 2 is 2.16 bits per heavy atom. The number of carbonyl (C=O) groups is 1. The van der Waals surface area contributed by atoms with Crippen molar-refractivity contribution in [3.8, 4) is 0 Å². The van der Waals surface area contributed by atoms with E-state index in [1.807, 2.05) is 13.8 Å². The molecule has 0 atom stereocenters. The van der Waals surface area contributed by atoms with E-state index in [2.05, 4.69) is 26.4 Å². The van der Waals surface area contributed by atoms with E-state index in [1.54, 1.807) is 24.3 Å². The third-order valence-corrected chi connectivity index (χ3v) is 3.35. The molecular weight excluding hydrogens is 332 g/mol. The zero-order chi connectivity index (χ0) is 14.0. The van der Waals surface area contributed by atoms with Gasteiger partial charge in [-0.3, -0.25) is 10.1 Å². The second-order valence-corrected chi connectivity index (χ2v) is 5.67. The lowest BCUT2D eigenvalue weighted by Gasteiger charge is -2.04. The summed E-state index contributed by atoms with van der Waals surface area (Å²) in [4.78, 5) is 12.1. The first-order valence-electron chi connectivity index (χ1n) is 5.70. The summed E-state index contributed by atoms with van der Waals surface area (Å²) in [5.74, 6) is 0.214. The lowest BCUT2D eigenvalue weighted by molar-refractivity contribution is 0.102. The van der Waals surface area contributed by atoms with E-state index in [0.29, 0.717) is 16.5 Å². The quantitative estimate of drug-likeness (QED) is 0.894. The van der Waals surface area contributed by atoms with Gasteiger partial charge in [0.15, 0.2) is 0 Å². The van der Waals surface area contributed by atoms with E-state index in [-0.39, 0.29) is 11.8 Å². The Hall–Kier alpha value is -1.33. The minimum atomic E-state index is -0.335. The maximum Gasteiger partial charge on any atom is 0.259 e. The van der Waals surface area contributed by atoms with E-state index >= 15 is 0 Å². The largest absolute Gasteiger partial charge is 0.338 e. The molecule has 100 valence electrons. The van der Waals surface area contributed by atoms with Crippen molar-refractivity contribution in [2.75, 3.05) is 5.32 Å². The molecule has 0 aliphatic heterocycles. The van der Waals surface area contributed by atoms with Gasteiger partial charge >= 0.3 is 0 Å². The van der Waals surface area contributed by atoms with Crippen molar-refractivity contribution in [2.24, 2.45) is 0 Å². The van der Waals surface area contributed by atoms with Gasteiger partial charge in [0.1, 0.15) is 0 Å². The van der Waals surface area contributed by atoms with Gasteiger partial charge in [0, 0.05) is 10.5 Å². The first kappa shape index (κ1) is 14.1. The second kappa shape index (κ2) is 5.75. The van der Waals surface area contributed by atoms with Crippen molar-refractivity contribution in [3.63, 3.8) is 0 Å². The molecule has 1 aromatic carbocycles. The predicted molar refractivity (Wildman–Crippen MR) is 77.7 cm³/mol. The molecule has 0 aliphatic rings. The highest BCUT2D eigenvalue weighted by molar-refractivity contribution is 9.10. The van der Waals surface area contributed by atoms with Crippen LogP contribution >= 0.6 is 27.5 Å². The van der Waals surface area contributed by atoms with Crippen LogP contribution in [0.15, 0.2) is 33.3 Å². The molecule has 2 rings (SSSR count). The molecule has 0 fully saturated rings. The van der Waals surface area contributed by atoms with Crippen LogP contribution in [-0.4, -0.2) is 11.1 Å². The summed E-state index contributed by atoms with van der Waals surface area (Å²) in [5.41, 5.74) is 1.16. The minimum Gasteiger partial charge on any atom is -0.338 e. The summed E-state index contributed by atoms with van der Waals surface area (Å²) in [6.45, 7) is 3.99. The monoisotopic (exact) mass is 342 g/mol. The van der Waals surface area contributed by atoms with E-state index < -0.39 is 0 Å². The summed E-state index contributed by atoms with van der Waals surface area (Å²) in [7, 11) is 0. The Morgan fingerprint density at radius 3 is 2.79 bits per heavy atom. The van der Waals surface area contributed by atoms with Gasteiger partial charge in [-0.15, -0.1) is 0 Å². The molecule has 0 radical (unpaired) electrons. The highest BCUT2D eigenvalue weighted by Crippen LogP contribution is 2.23. The molecule has 0 bridgehead atoms.